The van der Waals surface area contributed by atoms with Crippen LogP contribution in [0.1, 0.15) is 24.3 Å². The smallest absolute Gasteiger partial charge is 0.411 e. The molecule has 2 rings (SSSR count). The quantitative estimate of drug-likeness (QED) is 0.876. The largest absolute Gasteiger partial charge is 0.493 e. The average Bonchev–Trinajstić information content (AvgIpc) is 2.45. The third kappa shape index (κ3) is 4.89. The van der Waals surface area contributed by atoms with E-state index in [0.717, 1.165) is 24.2 Å². The number of hydrogen-bond donors (Lipinski definition) is 1. The second-order valence-corrected chi connectivity index (χ2v) is 5.22. The molecule has 0 aromatic heterocycles. The minimum Gasteiger partial charge on any atom is -0.493 e. The number of halogens is 3. The van der Waals surface area contributed by atoms with E-state index in [9.17, 15) is 13.2 Å². The fourth-order valence-corrected chi connectivity index (χ4v) is 2.59. The van der Waals surface area contributed by atoms with Gasteiger partial charge in [-0.3, -0.25) is 0 Å². The molecule has 1 aliphatic heterocycles. The van der Waals surface area contributed by atoms with Gasteiger partial charge >= 0.3 is 6.18 Å². The predicted molar refractivity (Wildman–Crippen MR) is 73.6 cm³/mol. The van der Waals surface area contributed by atoms with Crippen LogP contribution in [-0.4, -0.2) is 39.1 Å². The Morgan fingerprint density at radius 3 is 2.86 bits per heavy atom. The highest BCUT2D eigenvalue weighted by atomic mass is 19.4. The summed E-state index contributed by atoms with van der Waals surface area (Å²) in [5.41, 5.74) is 1.12. The van der Waals surface area contributed by atoms with Crippen LogP contribution >= 0.6 is 0 Å². The lowest BCUT2D eigenvalue weighted by Gasteiger charge is -2.29. The Bertz CT molecular complexity index is 451. The lowest BCUT2D eigenvalue weighted by molar-refractivity contribution is -0.175. The van der Waals surface area contributed by atoms with Crippen molar-refractivity contribution in [2.45, 2.75) is 31.0 Å². The molecule has 0 saturated carbocycles. The fourth-order valence-electron chi connectivity index (χ4n) is 2.59. The summed E-state index contributed by atoms with van der Waals surface area (Å²) < 4.78 is 46.7. The van der Waals surface area contributed by atoms with Crippen LogP contribution in [0.5, 0.6) is 5.75 Å². The van der Waals surface area contributed by atoms with Gasteiger partial charge in [0, 0.05) is 6.04 Å². The molecule has 21 heavy (non-hydrogen) atoms. The van der Waals surface area contributed by atoms with Gasteiger partial charge < -0.3 is 14.8 Å². The minimum absolute atomic E-state index is 0.0511. The van der Waals surface area contributed by atoms with Gasteiger partial charge in [-0.15, -0.1) is 0 Å². The van der Waals surface area contributed by atoms with Crippen LogP contribution in [0.2, 0.25) is 0 Å². The number of likely N-dealkylation sites (N-methyl/N-ethyl adjacent to an activating group) is 1. The van der Waals surface area contributed by atoms with Crippen molar-refractivity contribution in [2.75, 3.05) is 26.9 Å². The molecule has 0 bridgehead atoms. The second kappa shape index (κ2) is 7.13. The molecule has 2 atom stereocenters. The number of alkyl halides is 3. The molecular formula is C15H20F3NO2. The third-order valence-electron chi connectivity index (χ3n) is 3.64. The predicted octanol–water partition coefficient (Wildman–Crippen LogP) is 3.11. The van der Waals surface area contributed by atoms with Crippen molar-refractivity contribution in [1.82, 2.24) is 5.32 Å². The van der Waals surface area contributed by atoms with Crippen LogP contribution in [0.4, 0.5) is 13.2 Å². The standard InChI is InChI=1S/C15H20F3NO2/c1-19-12(9-20-10-15(16,17)18)8-11-6-7-21-14-5-3-2-4-13(11)14/h2-5,11-12,19H,6-10H2,1H3. The van der Waals surface area contributed by atoms with E-state index >= 15 is 0 Å². The van der Waals surface area contributed by atoms with E-state index in [-0.39, 0.29) is 18.6 Å². The first kappa shape index (κ1) is 16.1. The van der Waals surface area contributed by atoms with Crippen LogP contribution in [-0.2, 0) is 4.74 Å². The third-order valence-corrected chi connectivity index (χ3v) is 3.64. The second-order valence-electron chi connectivity index (χ2n) is 5.22. The zero-order valence-electron chi connectivity index (χ0n) is 12.0. The lowest BCUT2D eigenvalue weighted by Crippen LogP contribution is -2.34. The first-order valence-electron chi connectivity index (χ1n) is 7.03. The van der Waals surface area contributed by atoms with Crippen LogP contribution in [0.3, 0.4) is 0 Å². The summed E-state index contributed by atoms with van der Waals surface area (Å²) in [5.74, 6) is 1.15. The molecule has 118 valence electrons. The summed E-state index contributed by atoms with van der Waals surface area (Å²) in [4.78, 5) is 0. The van der Waals surface area contributed by atoms with Crippen LogP contribution in [0.15, 0.2) is 24.3 Å². The Morgan fingerprint density at radius 1 is 1.38 bits per heavy atom. The Morgan fingerprint density at radius 2 is 2.14 bits per heavy atom. The molecular weight excluding hydrogens is 283 g/mol. The van der Waals surface area contributed by atoms with Crippen molar-refractivity contribution in [3.63, 3.8) is 0 Å². The number of hydrogen-bond acceptors (Lipinski definition) is 3. The van der Waals surface area contributed by atoms with E-state index in [0.29, 0.717) is 6.61 Å². The number of ether oxygens (including phenoxy) is 2. The molecule has 1 heterocycles. The van der Waals surface area contributed by atoms with Gasteiger partial charge in [-0.25, -0.2) is 0 Å². The molecule has 6 heteroatoms. The molecule has 0 amide bonds. The van der Waals surface area contributed by atoms with Gasteiger partial charge in [0.1, 0.15) is 12.4 Å². The summed E-state index contributed by atoms with van der Waals surface area (Å²) in [5, 5.41) is 3.03. The van der Waals surface area contributed by atoms with Crippen molar-refractivity contribution in [2.24, 2.45) is 0 Å². The molecule has 2 unspecified atom stereocenters. The van der Waals surface area contributed by atoms with E-state index in [1.165, 1.54) is 0 Å². The molecule has 1 aromatic rings. The average molecular weight is 303 g/mol. The minimum atomic E-state index is -4.27. The zero-order valence-corrected chi connectivity index (χ0v) is 12.0. The van der Waals surface area contributed by atoms with Gasteiger partial charge in [-0.05, 0) is 37.4 Å². The zero-order chi connectivity index (χ0) is 15.3. The Kier molecular flexibility index (Phi) is 5.47. The summed E-state index contributed by atoms with van der Waals surface area (Å²) in [6, 6.07) is 7.71. The van der Waals surface area contributed by atoms with Crippen LogP contribution in [0.25, 0.3) is 0 Å². The number of nitrogens with one attached hydrogen (secondary N) is 1. The Balaban J connectivity index is 1.90. The summed E-state index contributed by atoms with van der Waals surface area (Å²) >= 11 is 0. The van der Waals surface area contributed by atoms with Gasteiger partial charge in [-0.2, -0.15) is 13.2 Å². The number of para-hydroxylation sites is 1. The summed E-state index contributed by atoms with van der Waals surface area (Å²) in [7, 11) is 1.74. The van der Waals surface area contributed by atoms with Gasteiger partial charge in [0.25, 0.3) is 0 Å². The molecule has 0 saturated heterocycles. The Labute approximate surface area is 122 Å². The van der Waals surface area contributed by atoms with E-state index in [1.54, 1.807) is 7.05 Å². The topological polar surface area (TPSA) is 30.5 Å². The summed E-state index contributed by atoms with van der Waals surface area (Å²) in [6.07, 6.45) is -2.67. The molecule has 0 radical (unpaired) electrons. The monoisotopic (exact) mass is 303 g/mol. The number of rotatable bonds is 6. The maximum absolute atomic E-state index is 12.1. The normalized spacial score (nSPS) is 19.7. The van der Waals surface area contributed by atoms with E-state index in [4.69, 9.17) is 9.47 Å². The molecule has 0 aliphatic carbocycles. The van der Waals surface area contributed by atoms with Gasteiger partial charge in [0.15, 0.2) is 0 Å². The van der Waals surface area contributed by atoms with Crippen LogP contribution in [0, 0.1) is 0 Å². The lowest BCUT2D eigenvalue weighted by atomic mass is 9.87. The maximum atomic E-state index is 12.1. The first-order valence-corrected chi connectivity index (χ1v) is 7.03. The van der Waals surface area contributed by atoms with Gasteiger partial charge in [0.2, 0.25) is 0 Å². The van der Waals surface area contributed by atoms with Crippen molar-refractivity contribution < 1.29 is 22.6 Å². The van der Waals surface area contributed by atoms with Crippen molar-refractivity contribution >= 4 is 0 Å². The highest BCUT2D eigenvalue weighted by Gasteiger charge is 2.29. The number of benzene rings is 1. The molecule has 1 aromatic carbocycles. The summed E-state index contributed by atoms with van der Waals surface area (Å²) in [6.45, 7) is -0.507. The van der Waals surface area contributed by atoms with E-state index in [1.807, 2.05) is 24.3 Å². The van der Waals surface area contributed by atoms with Gasteiger partial charge in [-0.1, -0.05) is 18.2 Å². The molecule has 0 spiro atoms. The molecule has 3 nitrogen and oxygen atoms in total. The SMILES string of the molecule is CNC(COCC(F)(F)F)CC1CCOc2ccccc21. The highest BCUT2D eigenvalue weighted by molar-refractivity contribution is 5.37. The highest BCUT2D eigenvalue weighted by Crippen LogP contribution is 2.36. The van der Waals surface area contributed by atoms with Crippen molar-refractivity contribution in [3.8, 4) is 5.75 Å². The number of fused-ring (bicyclic) bond motifs is 1. The fraction of sp³-hybridized carbons (Fsp3) is 0.600. The van der Waals surface area contributed by atoms with E-state index in [2.05, 4.69) is 5.32 Å². The molecule has 0 fully saturated rings. The van der Waals surface area contributed by atoms with E-state index < -0.39 is 12.8 Å². The van der Waals surface area contributed by atoms with Crippen molar-refractivity contribution in [1.29, 1.82) is 0 Å². The first-order chi connectivity index (χ1) is 9.99. The van der Waals surface area contributed by atoms with Crippen molar-refractivity contribution in [3.05, 3.63) is 29.8 Å². The molecule has 1 aliphatic rings. The van der Waals surface area contributed by atoms with Crippen LogP contribution < -0.4 is 10.1 Å². The van der Waals surface area contributed by atoms with Gasteiger partial charge in [0.05, 0.1) is 13.2 Å². The molecule has 1 N–H and O–H groups in total. The Hall–Kier alpha value is -1.27. The maximum Gasteiger partial charge on any atom is 0.411 e.